The number of hydrogen-bond acceptors (Lipinski definition) is 3. The van der Waals surface area contributed by atoms with E-state index in [0.29, 0.717) is 24.1 Å². The molecule has 0 bridgehead atoms. The first-order valence-electron chi connectivity index (χ1n) is 6.15. The average Bonchev–Trinajstić information content (AvgIpc) is 2.34. The zero-order valence-electron chi connectivity index (χ0n) is 10.9. The SMILES string of the molecule is CC(C)NCc1cc(Cl)ccc1OCCCC#N. The minimum atomic E-state index is 0.412. The molecule has 1 aromatic carbocycles. The van der Waals surface area contributed by atoms with Crippen LogP contribution in [-0.2, 0) is 6.54 Å². The van der Waals surface area contributed by atoms with E-state index in [4.69, 9.17) is 21.6 Å². The van der Waals surface area contributed by atoms with Gasteiger partial charge in [-0.2, -0.15) is 5.26 Å². The van der Waals surface area contributed by atoms with Gasteiger partial charge in [0.2, 0.25) is 0 Å². The van der Waals surface area contributed by atoms with E-state index in [1.165, 1.54) is 0 Å². The molecule has 0 fully saturated rings. The Morgan fingerprint density at radius 2 is 2.22 bits per heavy atom. The maximum Gasteiger partial charge on any atom is 0.123 e. The van der Waals surface area contributed by atoms with Crippen LogP contribution in [0.15, 0.2) is 18.2 Å². The van der Waals surface area contributed by atoms with Gasteiger partial charge in [-0.1, -0.05) is 25.4 Å². The molecule has 0 radical (unpaired) electrons. The van der Waals surface area contributed by atoms with E-state index in [2.05, 4.69) is 25.2 Å². The fourth-order valence-corrected chi connectivity index (χ4v) is 1.67. The van der Waals surface area contributed by atoms with Crippen molar-refractivity contribution in [2.75, 3.05) is 6.61 Å². The molecule has 18 heavy (non-hydrogen) atoms. The van der Waals surface area contributed by atoms with Crippen LogP contribution in [0, 0.1) is 11.3 Å². The van der Waals surface area contributed by atoms with Crippen molar-refractivity contribution in [3.05, 3.63) is 28.8 Å². The van der Waals surface area contributed by atoms with Gasteiger partial charge in [-0.15, -0.1) is 0 Å². The smallest absolute Gasteiger partial charge is 0.123 e. The maximum absolute atomic E-state index is 8.47. The molecule has 1 aromatic rings. The predicted molar refractivity (Wildman–Crippen MR) is 73.8 cm³/mol. The maximum atomic E-state index is 8.47. The van der Waals surface area contributed by atoms with Crippen molar-refractivity contribution >= 4 is 11.6 Å². The van der Waals surface area contributed by atoms with Crippen molar-refractivity contribution in [2.45, 2.75) is 39.3 Å². The third-order valence-electron chi connectivity index (χ3n) is 2.41. The van der Waals surface area contributed by atoms with Gasteiger partial charge in [0.25, 0.3) is 0 Å². The van der Waals surface area contributed by atoms with Gasteiger partial charge in [-0.3, -0.25) is 0 Å². The molecule has 0 spiro atoms. The molecule has 0 unspecified atom stereocenters. The molecule has 0 aromatic heterocycles. The predicted octanol–water partition coefficient (Wildman–Crippen LogP) is 3.52. The Labute approximate surface area is 114 Å². The van der Waals surface area contributed by atoms with E-state index in [1.54, 1.807) is 0 Å². The van der Waals surface area contributed by atoms with Gasteiger partial charge < -0.3 is 10.1 Å². The normalized spacial score (nSPS) is 10.4. The molecule has 0 heterocycles. The van der Waals surface area contributed by atoms with Crippen LogP contribution < -0.4 is 10.1 Å². The van der Waals surface area contributed by atoms with E-state index in [1.807, 2.05) is 18.2 Å². The third kappa shape index (κ3) is 5.39. The summed E-state index contributed by atoms with van der Waals surface area (Å²) in [5.74, 6) is 0.838. The quantitative estimate of drug-likeness (QED) is 0.768. The Balaban J connectivity index is 2.61. The van der Waals surface area contributed by atoms with Crippen LogP contribution in [0.5, 0.6) is 5.75 Å². The summed E-state index contributed by atoms with van der Waals surface area (Å²) in [6.45, 7) is 5.48. The van der Waals surface area contributed by atoms with Crippen LogP contribution in [0.4, 0.5) is 0 Å². The highest BCUT2D eigenvalue weighted by Gasteiger charge is 2.05. The molecule has 1 rings (SSSR count). The molecule has 98 valence electrons. The summed E-state index contributed by atoms with van der Waals surface area (Å²) in [6, 6.07) is 8.13. The van der Waals surface area contributed by atoms with Gasteiger partial charge in [0.1, 0.15) is 5.75 Å². The number of ether oxygens (including phenoxy) is 1. The van der Waals surface area contributed by atoms with Gasteiger partial charge in [-0.05, 0) is 24.6 Å². The molecule has 1 N–H and O–H groups in total. The first-order valence-corrected chi connectivity index (χ1v) is 6.53. The molecule has 0 aliphatic heterocycles. The second-order valence-electron chi connectivity index (χ2n) is 4.40. The standard InChI is InChI=1S/C14H19ClN2O/c1-11(2)17-10-12-9-13(15)5-6-14(12)18-8-4-3-7-16/h5-6,9,11,17H,3-4,8,10H2,1-2H3. The number of hydrogen-bond donors (Lipinski definition) is 1. The van der Waals surface area contributed by atoms with Gasteiger partial charge in [-0.25, -0.2) is 0 Å². The molecule has 0 saturated carbocycles. The zero-order chi connectivity index (χ0) is 13.4. The van der Waals surface area contributed by atoms with E-state index in [0.717, 1.165) is 24.3 Å². The lowest BCUT2D eigenvalue weighted by Gasteiger charge is -2.14. The van der Waals surface area contributed by atoms with Gasteiger partial charge in [0.15, 0.2) is 0 Å². The highest BCUT2D eigenvalue weighted by atomic mass is 35.5. The number of halogens is 1. The fourth-order valence-electron chi connectivity index (χ4n) is 1.47. The van der Waals surface area contributed by atoms with Crippen LogP contribution in [0.3, 0.4) is 0 Å². The van der Waals surface area contributed by atoms with Crippen molar-refractivity contribution < 1.29 is 4.74 Å². The van der Waals surface area contributed by atoms with Crippen molar-refractivity contribution in [1.82, 2.24) is 5.32 Å². The van der Waals surface area contributed by atoms with Gasteiger partial charge in [0.05, 0.1) is 12.7 Å². The summed E-state index contributed by atoms with van der Waals surface area (Å²) in [6.07, 6.45) is 1.27. The van der Waals surface area contributed by atoms with E-state index >= 15 is 0 Å². The molecule has 4 heteroatoms. The van der Waals surface area contributed by atoms with E-state index in [9.17, 15) is 0 Å². The van der Waals surface area contributed by atoms with Crippen LogP contribution >= 0.6 is 11.6 Å². The minimum absolute atomic E-state index is 0.412. The number of nitrogens with zero attached hydrogens (tertiary/aromatic N) is 1. The van der Waals surface area contributed by atoms with Crippen LogP contribution in [-0.4, -0.2) is 12.6 Å². The Kier molecular flexibility index (Phi) is 6.56. The van der Waals surface area contributed by atoms with Crippen molar-refractivity contribution in [1.29, 1.82) is 5.26 Å². The second kappa shape index (κ2) is 7.97. The minimum Gasteiger partial charge on any atom is -0.493 e. The highest BCUT2D eigenvalue weighted by Crippen LogP contribution is 2.23. The Morgan fingerprint density at radius 3 is 2.89 bits per heavy atom. The molecular weight excluding hydrogens is 248 g/mol. The van der Waals surface area contributed by atoms with Crippen LogP contribution in [0.25, 0.3) is 0 Å². The lowest BCUT2D eigenvalue weighted by molar-refractivity contribution is 0.308. The summed E-state index contributed by atoms with van der Waals surface area (Å²) < 4.78 is 5.68. The lowest BCUT2D eigenvalue weighted by atomic mass is 10.2. The van der Waals surface area contributed by atoms with E-state index < -0.39 is 0 Å². The second-order valence-corrected chi connectivity index (χ2v) is 4.83. The van der Waals surface area contributed by atoms with Crippen molar-refractivity contribution in [3.63, 3.8) is 0 Å². The summed E-state index contributed by atoms with van der Waals surface area (Å²) in [5.41, 5.74) is 1.05. The van der Waals surface area contributed by atoms with Gasteiger partial charge >= 0.3 is 0 Å². The lowest BCUT2D eigenvalue weighted by Crippen LogP contribution is -2.22. The topological polar surface area (TPSA) is 45.0 Å². The molecule has 0 aliphatic rings. The molecule has 0 saturated heterocycles. The summed E-state index contributed by atoms with van der Waals surface area (Å²) in [5, 5.41) is 12.5. The number of rotatable bonds is 7. The van der Waals surface area contributed by atoms with Crippen molar-refractivity contribution in [3.8, 4) is 11.8 Å². The molecule has 0 atom stereocenters. The fraction of sp³-hybridized carbons (Fsp3) is 0.500. The number of nitriles is 1. The van der Waals surface area contributed by atoms with Gasteiger partial charge in [0, 0.05) is 29.6 Å². The first-order chi connectivity index (χ1) is 8.63. The van der Waals surface area contributed by atoms with E-state index in [-0.39, 0.29) is 0 Å². The summed E-state index contributed by atoms with van der Waals surface area (Å²) in [7, 11) is 0. The number of nitrogens with one attached hydrogen (secondary N) is 1. The number of benzene rings is 1. The largest absolute Gasteiger partial charge is 0.493 e. The Hall–Kier alpha value is -1.24. The average molecular weight is 267 g/mol. The van der Waals surface area contributed by atoms with Crippen LogP contribution in [0.1, 0.15) is 32.3 Å². The molecule has 0 aliphatic carbocycles. The molecule has 0 amide bonds. The van der Waals surface area contributed by atoms with Crippen molar-refractivity contribution in [2.24, 2.45) is 0 Å². The zero-order valence-corrected chi connectivity index (χ0v) is 11.6. The molecule has 3 nitrogen and oxygen atoms in total. The Bertz CT molecular complexity index is 413. The monoisotopic (exact) mass is 266 g/mol. The third-order valence-corrected chi connectivity index (χ3v) is 2.65. The van der Waals surface area contributed by atoms with Crippen LogP contribution in [0.2, 0.25) is 5.02 Å². The molecular formula is C14H19ClN2O. The summed E-state index contributed by atoms with van der Waals surface area (Å²) in [4.78, 5) is 0. The highest BCUT2D eigenvalue weighted by molar-refractivity contribution is 6.30. The first kappa shape index (κ1) is 14.8. The number of unbranched alkanes of at least 4 members (excludes halogenated alkanes) is 1. The summed E-state index contributed by atoms with van der Waals surface area (Å²) >= 11 is 5.99. The Morgan fingerprint density at radius 1 is 1.44 bits per heavy atom.